The molecule has 5 rings (SSSR count). The Hall–Kier alpha value is -3.33. The van der Waals surface area contributed by atoms with Crippen molar-refractivity contribution in [3.05, 3.63) is 41.6 Å². The number of fused-ring (bicyclic) bond motifs is 2. The second-order valence-corrected chi connectivity index (χ2v) is 8.31. The van der Waals surface area contributed by atoms with Crippen molar-refractivity contribution in [3.63, 3.8) is 0 Å². The average molecular weight is 454 g/mol. The summed E-state index contributed by atoms with van der Waals surface area (Å²) in [7, 11) is 1.66. The number of benzene rings is 1. The molecule has 0 spiro atoms. The highest BCUT2D eigenvalue weighted by molar-refractivity contribution is 6.28. The van der Waals surface area contributed by atoms with Crippen LogP contribution < -0.4 is 15.0 Å². The van der Waals surface area contributed by atoms with E-state index in [9.17, 15) is 4.79 Å². The second-order valence-electron chi connectivity index (χ2n) is 7.97. The highest BCUT2D eigenvalue weighted by Gasteiger charge is 2.28. The lowest BCUT2D eigenvalue weighted by atomic mass is 9.97. The summed E-state index contributed by atoms with van der Waals surface area (Å²) in [4.78, 5) is 34.0. The Balaban J connectivity index is 1.22. The second kappa shape index (κ2) is 8.66. The van der Waals surface area contributed by atoms with Gasteiger partial charge < -0.3 is 24.9 Å². The molecule has 1 aliphatic heterocycles. The van der Waals surface area contributed by atoms with Crippen molar-refractivity contribution in [2.45, 2.75) is 19.3 Å². The number of anilines is 1. The van der Waals surface area contributed by atoms with Crippen LogP contribution in [0.4, 0.5) is 5.82 Å². The van der Waals surface area contributed by atoms with Gasteiger partial charge in [0, 0.05) is 42.8 Å². The van der Waals surface area contributed by atoms with E-state index in [4.69, 9.17) is 16.3 Å². The van der Waals surface area contributed by atoms with Gasteiger partial charge in [-0.2, -0.15) is 9.97 Å². The molecule has 1 atom stereocenters. The Morgan fingerprint density at radius 3 is 3.12 bits per heavy atom. The van der Waals surface area contributed by atoms with Crippen LogP contribution in [-0.2, 0) is 11.2 Å². The minimum atomic E-state index is -0.109. The minimum Gasteiger partial charge on any atom is -0.497 e. The zero-order valence-electron chi connectivity index (χ0n) is 17.7. The van der Waals surface area contributed by atoms with E-state index in [1.54, 1.807) is 13.4 Å². The zero-order valence-corrected chi connectivity index (χ0v) is 18.4. The maximum Gasteiger partial charge on any atom is 0.226 e. The molecule has 10 heteroatoms. The van der Waals surface area contributed by atoms with Crippen LogP contribution in [0.5, 0.6) is 5.75 Å². The van der Waals surface area contributed by atoms with Crippen LogP contribution in [0, 0.1) is 5.92 Å². The summed E-state index contributed by atoms with van der Waals surface area (Å²) in [5.74, 6) is 1.47. The average Bonchev–Trinajstić information content (AvgIpc) is 3.45. The Bertz CT molecular complexity index is 1270. The van der Waals surface area contributed by atoms with Gasteiger partial charge >= 0.3 is 0 Å². The Labute approximate surface area is 189 Å². The van der Waals surface area contributed by atoms with Gasteiger partial charge in [0.1, 0.15) is 11.3 Å². The van der Waals surface area contributed by atoms with Crippen LogP contribution in [0.2, 0.25) is 5.28 Å². The smallest absolute Gasteiger partial charge is 0.226 e. The molecular formula is C22H24ClN7O2. The van der Waals surface area contributed by atoms with Gasteiger partial charge in [-0.1, -0.05) is 0 Å². The largest absolute Gasteiger partial charge is 0.497 e. The van der Waals surface area contributed by atoms with Gasteiger partial charge in [-0.25, -0.2) is 4.98 Å². The number of nitrogens with zero attached hydrogens (tertiary/aromatic N) is 4. The zero-order chi connectivity index (χ0) is 22.1. The molecule has 1 unspecified atom stereocenters. The SMILES string of the molecule is COc1ccc2c(CCNC(=O)C3CCCN(c4nc(Cl)nc5nc[nH]c45)C3)c[nH]c2c1. The molecule has 0 aliphatic carbocycles. The van der Waals surface area contributed by atoms with Crippen molar-refractivity contribution < 1.29 is 9.53 Å². The van der Waals surface area contributed by atoms with E-state index in [-0.39, 0.29) is 17.1 Å². The third kappa shape index (κ3) is 3.95. The number of H-pyrrole nitrogens is 2. The summed E-state index contributed by atoms with van der Waals surface area (Å²) in [5.41, 5.74) is 3.47. The third-order valence-electron chi connectivity index (χ3n) is 6.00. The van der Waals surface area contributed by atoms with Crippen LogP contribution in [-0.4, -0.2) is 57.6 Å². The molecule has 4 heterocycles. The number of amides is 1. The predicted octanol–water partition coefficient (Wildman–Crippen LogP) is 3.07. The van der Waals surface area contributed by atoms with Gasteiger partial charge in [0.05, 0.1) is 19.4 Å². The first-order chi connectivity index (χ1) is 15.6. The van der Waals surface area contributed by atoms with Crippen LogP contribution in [0.25, 0.3) is 22.1 Å². The molecule has 166 valence electrons. The van der Waals surface area contributed by atoms with Gasteiger partial charge in [0.2, 0.25) is 11.2 Å². The highest BCUT2D eigenvalue weighted by atomic mass is 35.5. The first-order valence-electron chi connectivity index (χ1n) is 10.7. The number of hydrogen-bond donors (Lipinski definition) is 3. The van der Waals surface area contributed by atoms with E-state index in [0.29, 0.717) is 24.6 Å². The number of methoxy groups -OCH3 is 1. The lowest BCUT2D eigenvalue weighted by molar-refractivity contribution is -0.125. The number of ether oxygens (including phenoxy) is 1. The molecule has 32 heavy (non-hydrogen) atoms. The lowest BCUT2D eigenvalue weighted by Gasteiger charge is -2.33. The Morgan fingerprint density at radius 1 is 1.34 bits per heavy atom. The van der Waals surface area contributed by atoms with E-state index in [0.717, 1.165) is 48.0 Å². The van der Waals surface area contributed by atoms with Crippen molar-refractivity contribution in [2.24, 2.45) is 5.92 Å². The van der Waals surface area contributed by atoms with Gasteiger partial charge in [-0.05, 0) is 48.6 Å². The molecule has 4 aromatic rings. The number of piperidine rings is 1. The summed E-state index contributed by atoms with van der Waals surface area (Å²) >= 11 is 6.08. The van der Waals surface area contributed by atoms with E-state index < -0.39 is 0 Å². The summed E-state index contributed by atoms with van der Waals surface area (Å²) in [5, 5.41) is 4.41. The highest BCUT2D eigenvalue weighted by Crippen LogP contribution is 2.28. The molecule has 3 aromatic heterocycles. The molecule has 0 saturated carbocycles. The number of aromatic amines is 2. The fourth-order valence-corrected chi connectivity index (χ4v) is 4.53. The molecule has 1 saturated heterocycles. The quantitative estimate of drug-likeness (QED) is 0.387. The van der Waals surface area contributed by atoms with Crippen LogP contribution in [0.15, 0.2) is 30.7 Å². The number of rotatable bonds is 6. The third-order valence-corrected chi connectivity index (χ3v) is 6.17. The van der Waals surface area contributed by atoms with E-state index >= 15 is 0 Å². The van der Waals surface area contributed by atoms with Crippen LogP contribution >= 0.6 is 11.6 Å². The van der Waals surface area contributed by atoms with Gasteiger partial charge in [-0.3, -0.25) is 4.79 Å². The summed E-state index contributed by atoms with van der Waals surface area (Å²) in [6.07, 6.45) is 6.08. The number of aromatic nitrogens is 5. The molecule has 1 aromatic carbocycles. The summed E-state index contributed by atoms with van der Waals surface area (Å²) in [6.45, 7) is 1.97. The fraction of sp³-hybridized carbons (Fsp3) is 0.364. The number of hydrogen-bond acceptors (Lipinski definition) is 6. The number of halogens is 1. The van der Waals surface area contributed by atoms with Gasteiger partial charge in [-0.15, -0.1) is 0 Å². The summed E-state index contributed by atoms with van der Waals surface area (Å²) < 4.78 is 5.28. The minimum absolute atomic E-state index is 0.0669. The van der Waals surface area contributed by atoms with Gasteiger partial charge in [0.25, 0.3) is 0 Å². The predicted molar refractivity (Wildman–Crippen MR) is 123 cm³/mol. The monoisotopic (exact) mass is 453 g/mol. The first-order valence-corrected chi connectivity index (χ1v) is 11.0. The molecular weight excluding hydrogens is 430 g/mol. The molecule has 1 aliphatic rings. The van der Waals surface area contributed by atoms with E-state index in [2.05, 4.69) is 35.1 Å². The number of carbonyl (C=O) groups excluding carboxylic acids is 1. The first kappa shape index (κ1) is 20.6. The van der Waals surface area contributed by atoms with Crippen molar-refractivity contribution >= 4 is 45.4 Å². The molecule has 3 N–H and O–H groups in total. The van der Waals surface area contributed by atoms with Crippen LogP contribution in [0.3, 0.4) is 0 Å². The van der Waals surface area contributed by atoms with Crippen molar-refractivity contribution in [1.29, 1.82) is 0 Å². The normalized spacial score (nSPS) is 16.6. The van der Waals surface area contributed by atoms with E-state index in [1.807, 2.05) is 24.4 Å². The maximum absolute atomic E-state index is 12.9. The molecule has 0 radical (unpaired) electrons. The Morgan fingerprint density at radius 2 is 2.25 bits per heavy atom. The van der Waals surface area contributed by atoms with Crippen molar-refractivity contribution in [2.75, 3.05) is 31.6 Å². The standard InChI is InChI=1S/C22H24ClN7O2/c1-32-15-4-5-16-13(10-25-17(16)9-15)6-7-24-21(31)14-3-2-8-30(11-14)20-18-19(27-12-26-18)28-22(23)29-20/h4-5,9-10,12,14,25H,2-3,6-8,11H2,1H3,(H,24,31)(H,26,27,28,29). The fourth-order valence-electron chi connectivity index (χ4n) is 4.37. The molecule has 0 bridgehead atoms. The number of carbonyl (C=O) groups is 1. The topological polar surface area (TPSA) is 112 Å². The number of nitrogens with one attached hydrogen (secondary N) is 3. The van der Waals surface area contributed by atoms with Crippen molar-refractivity contribution in [1.82, 2.24) is 30.2 Å². The van der Waals surface area contributed by atoms with Crippen LogP contribution in [0.1, 0.15) is 18.4 Å². The van der Waals surface area contributed by atoms with Crippen molar-refractivity contribution in [3.8, 4) is 5.75 Å². The number of imidazole rings is 1. The molecule has 9 nitrogen and oxygen atoms in total. The maximum atomic E-state index is 12.9. The summed E-state index contributed by atoms with van der Waals surface area (Å²) in [6, 6.07) is 5.97. The van der Waals surface area contributed by atoms with Gasteiger partial charge in [0.15, 0.2) is 11.5 Å². The lowest BCUT2D eigenvalue weighted by Crippen LogP contribution is -2.44. The Kier molecular flexibility index (Phi) is 5.57. The van der Waals surface area contributed by atoms with E-state index in [1.165, 1.54) is 5.56 Å². The molecule has 1 amide bonds. The molecule has 1 fully saturated rings.